The number of methoxy groups -OCH3 is 1. The Morgan fingerprint density at radius 2 is 2.05 bits per heavy atom. The number of anilines is 1. The highest BCUT2D eigenvalue weighted by Crippen LogP contribution is 2.26. The molecule has 0 saturated carbocycles. The summed E-state index contributed by atoms with van der Waals surface area (Å²) < 4.78 is 28.3. The number of halogens is 1. The number of ether oxygens (including phenoxy) is 1. The third kappa shape index (κ3) is 3.24. The third-order valence-electron chi connectivity index (χ3n) is 3.31. The van der Waals surface area contributed by atoms with Crippen molar-refractivity contribution in [3.63, 3.8) is 0 Å². The van der Waals surface area contributed by atoms with Gasteiger partial charge in [0, 0.05) is 5.69 Å². The van der Waals surface area contributed by atoms with E-state index in [0.29, 0.717) is 17.9 Å². The van der Waals surface area contributed by atoms with Crippen LogP contribution in [0.15, 0.2) is 24.3 Å². The van der Waals surface area contributed by atoms with Crippen molar-refractivity contribution in [2.45, 2.75) is 12.5 Å². The lowest BCUT2D eigenvalue weighted by Crippen LogP contribution is -2.42. The number of benzene rings is 1. The fourth-order valence-electron chi connectivity index (χ4n) is 2.34. The van der Waals surface area contributed by atoms with Crippen molar-refractivity contribution in [2.24, 2.45) is 0 Å². The lowest BCUT2D eigenvalue weighted by Gasteiger charge is -2.27. The number of alkyl halides is 1. The van der Waals surface area contributed by atoms with Crippen molar-refractivity contribution in [1.82, 2.24) is 0 Å². The Morgan fingerprint density at radius 1 is 1.40 bits per heavy atom. The highest BCUT2D eigenvalue weighted by Gasteiger charge is 2.35. The number of carbonyl (C=O) groups excluding carboxylic acids is 1. The van der Waals surface area contributed by atoms with Gasteiger partial charge >= 0.3 is 0 Å². The molecule has 1 aliphatic rings. The van der Waals surface area contributed by atoms with Crippen molar-refractivity contribution in [1.29, 1.82) is 0 Å². The maximum absolute atomic E-state index is 12.0. The van der Waals surface area contributed by atoms with Crippen molar-refractivity contribution in [3.8, 4) is 5.75 Å². The SMILES string of the molecule is COc1ccc(N(C(=O)CCl)[C@H]2CCS(=O)(=O)C2)cc1. The van der Waals surface area contributed by atoms with Gasteiger partial charge in [-0.05, 0) is 30.7 Å². The molecule has 0 aliphatic carbocycles. The molecule has 1 atom stereocenters. The van der Waals surface area contributed by atoms with Gasteiger partial charge in [0.25, 0.3) is 0 Å². The van der Waals surface area contributed by atoms with E-state index in [-0.39, 0.29) is 29.3 Å². The number of hydrogen-bond acceptors (Lipinski definition) is 4. The fourth-order valence-corrected chi connectivity index (χ4v) is 4.17. The van der Waals surface area contributed by atoms with Crippen LogP contribution in [0.2, 0.25) is 0 Å². The standard InChI is InChI=1S/C13H16ClNO4S/c1-19-12-4-2-10(3-5-12)15(13(16)8-14)11-6-7-20(17,18)9-11/h2-5,11H,6-9H2,1H3/t11-/m0/s1. The van der Waals surface area contributed by atoms with Crippen molar-refractivity contribution < 1.29 is 17.9 Å². The van der Waals surface area contributed by atoms with Crippen LogP contribution in [0.5, 0.6) is 5.75 Å². The highest BCUT2D eigenvalue weighted by atomic mass is 35.5. The summed E-state index contributed by atoms with van der Waals surface area (Å²) in [5.41, 5.74) is 0.638. The van der Waals surface area contributed by atoms with Crippen molar-refractivity contribution in [2.75, 3.05) is 29.4 Å². The average Bonchev–Trinajstić information content (AvgIpc) is 2.79. The number of carbonyl (C=O) groups is 1. The molecule has 1 saturated heterocycles. The van der Waals surface area contributed by atoms with Crippen LogP contribution in [0.3, 0.4) is 0 Å². The minimum atomic E-state index is -3.06. The van der Waals surface area contributed by atoms with Crippen LogP contribution < -0.4 is 9.64 Å². The molecule has 0 aromatic heterocycles. The smallest absolute Gasteiger partial charge is 0.242 e. The van der Waals surface area contributed by atoms with Gasteiger partial charge in [-0.1, -0.05) is 0 Å². The van der Waals surface area contributed by atoms with E-state index in [1.54, 1.807) is 31.4 Å². The molecule has 1 heterocycles. The molecule has 0 radical (unpaired) electrons. The summed E-state index contributed by atoms with van der Waals surface area (Å²) in [6, 6.07) is 6.57. The number of sulfone groups is 1. The van der Waals surface area contributed by atoms with Crippen molar-refractivity contribution in [3.05, 3.63) is 24.3 Å². The average molecular weight is 318 g/mol. The maximum atomic E-state index is 12.0. The van der Waals surface area contributed by atoms with Gasteiger partial charge in [0.15, 0.2) is 9.84 Å². The molecule has 5 nitrogen and oxygen atoms in total. The van der Waals surface area contributed by atoms with Crippen LogP contribution >= 0.6 is 11.6 Å². The Balaban J connectivity index is 2.30. The Kier molecular flexibility index (Phi) is 4.55. The van der Waals surface area contributed by atoms with Gasteiger partial charge < -0.3 is 9.64 Å². The molecule has 7 heteroatoms. The second-order valence-electron chi connectivity index (χ2n) is 4.65. The first-order valence-electron chi connectivity index (χ1n) is 6.19. The molecule has 1 aromatic rings. The van der Waals surface area contributed by atoms with Crippen LogP contribution in [0.1, 0.15) is 6.42 Å². The molecular weight excluding hydrogens is 302 g/mol. The first-order valence-corrected chi connectivity index (χ1v) is 8.55. The molecule has 0 bridgehead atoms. The van der Waals surface area contributed by atoms with E-state index in [1.807, 2.05) is 0 Å². The summed E-state index contributed by atoms with van der Waals surface area (Å²) in [7, 11) is -1.51. The molecule has 110 valence electrons. The summed E-state index contributed by atoms with van der Waals surface area (Å²) in [6.07, 6.45) is 0.441. The fraction of sp³-hybridized carbons (Fsp3) is 0.462. The summed E-state index contributed by atoms with van der Waals surface area (Å²) in [4.78, 5) is 13.5. The zero-order valence-corrected chi connectivity index (χ0v) is 12.7. The first kappa shape index (κ1) is 15.1. The number of amides is 1. The molecule has 0 unspecified atom stereocenters. The predicted octanol–water partition coefficient (Wildman–Crippen LogP) is 1.45. The summed E-state index contributed by atoms with van der Waals surface area (Å²) in [6.45, 7) is 0. The van der Waals surface area contributed by atoms with Gasteiger partial charge in [-0.15, -0.1) is 11.6 Å². The Hall–Kier alpha value is -1.27. The van der Waals surface area contributed by atoms with E-state index in [1.165, 1.54) is 4.90 Å². The lowest BCUT2D eigenvalue weighted by molar-refractivity contribution is -0.116. The van der Waals surface area contributed by atoms with E-state index in [9.17, 15) is 13.2 Å². The second-order valence-corrected chi connectivity index (χ2v) is 7.15. The van der Waals surface area contributed by atoms with Crippen LogP contribution in [0, 0.1) is 0 Å². The largest absolute Gasteiger partial charge is 0.497 e. The third-order valence-corrected chi connectivity index (χ3v) is 5.29. The molecule has 0 N–H and O–H groups in total. The molecule has 1 aromatic carbocycles. The highest BCUT2D eigenvalue weighted by molar-refractivity contribution is 7.91. The zero-order valence-electron chi connectivity index (χ0n) is 11.1. The lowest BCUT2D eigenvalue weighted by atomic mass is 10.2. The van der Waals surface area contributed by atoms with E-state index in [4.69, 9.17) is 16.3 Å². The number of rotatable bonds is 4. The molecule has 2 rings (SSSR count). The minimum Gasteiger partial charge on any atom is -0.497 e. The van der Waals surface area contributed by atoms with Crippen LogP contribution in [0.4, 0.5) is 5.69 Å². The van der Waals surface area contributed by atoms with E-state index in [2.05, 4.69) is 0 Å². The Labute approximate surface area is 123 Å². The molecule has 1 aliphatic heterocycles. The quantitative estimate of drug-likeness (QED) is 0.789. The molecule has 0 spiro atoms. The summed E-state index contributed by atoms with van der Waals surface area (Å²) in [5, 5.41) is 0. The first-order chi connectivity index (χ1) is 9.46. The van der Waals surface area contributed by atoms with Crippen LogP contribution in [-0.4, -0.2) is 44.9 Å². The zero-order chi connectivity index (χ0) is 14.8. The van der Waals surface area contributed by atoms with E-state index >= 15 is 0 Å². The van der Waals surface area contributed by atoms with Gasteiger partial charge in [0.1, 0.15) is 11.6 Å². The summed E-state index contributed by atoms with van der Waals surface area (Å²) in [5.74, 6) is 0.300. The summed E-state index contributed by atoms with van der Waals surface area (Å²) >= 11 is 5.64. The maximum Gasteiger partial charge on any atom is 0.242 e. The van der Waals surface area contributed by atoms with Gasteiger partial charge in [0.05, 0.1) is 24.7 Å². The molecule has 1 fully saturated rings. The Bertz CT molecular complexity index is 585. The Morgan fingerprint density at radius 3 is 2.50 bits per heavy atom. The topological polar surface area (TPSA) is 63.7 Å². The van der Waals surface area contributed by atoms with Gasteiger partial charge in [0.2, 0.25) is 5.91 Å². The molecule has 1 amide bonds. The van der Waals surface area contributed by atoms with Gasteiger partial charge in [-0.25, -0.2) is 8.42 Å². The predicted molar refractivity (Wildman–Crippen MR) is 78.3 cm³/mol. The molecule has 20 heavy (non-hydrogen) atoms. The van der Waals surface area contributed by atoms with Crippen LogP contribution in [0.25, 0.3) is 0 Å². The van der Waals surface area contributed by atoms with Gasteiger partial charge in [-0.3, -0.25) is 4.79 Å². The normalized spacial score (nSPS) is 20.6. The van der Waals surface area contributed by atoms with Crippen molar-refractivity contribution >= 4 is 33.0 Å². The second kappa shape index (κ2) is 6.01. The monoisotopic (exact) mass is 317 g/mol. The number of hydrogen-bond donors (Lipinski definition) is 0. The number of nitrogens with zero attached hydrogens (tertiary/aromatic N) is 1. The van der Waals surface area contributed by atoms with Crippen LogP contribution in [-0.2, 0) is 14.6 Å². The van der Waals surface area contributed by atoms with E-state index < -0.39 is 9.84 Å². The minimum absolute atomic E-state index is 0.0122. The van der Waals surface area contributed by atoms with E-state index in [0.717, 1.165) is 0 Å². The van der Waals surface area contributed by atoms with Gasteiger partial charge in [-0.2, -0.15) is 0 Å². The molecular formula is C13H16ClNO4S.